The van der Waals surface area contributed by atoms with Crippen molar-refractivity contribution < 1.29 is 9.90 Å². The Morgan fingerprint density at radius 2 is 1.96 bits per heavy atom. The second kappa shape index (κ2) is 8.61. The summed E-state index contributed by atoms with van der Waals surface area (Å²) in [5.74, 6) is 0.0968. The molecule has 1 aromatic rings. The number of nitrogens with one attached hydrogen (secondary N) is 1. The third kappa shape index (κ3) is 4.91. The van der Waals surface area contributed by atoms with Crippen molar-refractivity contribution in [1.82, 2.24) is 10.2 Å². The third-order valence-corrected chi connectivity index (χ3v) is 5.05. The molecule has 1 aliphatic heterocycles. The van der Waals surface area contributed by atoms with Gasteiger partial charge in [-0.05, 0) is 23.6 Å². The Kier molecular flexibility index (Phi) is 6.24. The predicted molar refractivity (Wildman–Crippen MR) is 101 cm³/mol. The molecule has 0 amide bonds. The van der Waals surface area contributed by atoms with Gasteiger partial charge in [0.2, 0.25) is 0 Å². The van der Waals surface area contributed by atoms with E-state index in [1.54, 1.807) is 6.21 Å². The molecule has 0 bridgehead atoms. The molecule has 1 aliphatic carbocycles. The van der Waals surface area contributed by atoms with Crippen LogP contribution in [-0.4, -0.2) is 61.3 Å². The van der Waals surface area contributed by atoms with E-state index in [4.69, 9.17) is 11.6 Å². The van der Waals surface area contributed by atoms with Crippen molar-refractivity contribution in [2.24, 2.45) is 4.99 Å². The number of nitrogens with zero attached hydrogens (tertiary/aromatic N) is 2. The van der Waals surface area contributed by atoms with E-state index in [2.05, 4.69) is 15.2 Å². The number of carbonyl (C=O) groups excluding carboxylic acids is 1. The van der Waals surface area contributed by atoms with Crippen LogP contribution in [0.3, 0.4) is 0 Å². The van der Waals surface area contributed by atoms with Crippen molar-refractivity contribution >= 4 is 23.6 Å². The van der Waals surface area contributed by atoms with Crippen LogP contribution in [0.1, 0.15) is 24.3 Å². The summed E-state index contributed by atoms with van der Waals surface area (Å²) >= 11 is 5.91. The molecule has 3 rings (SSSR count). The number of carbonyl (C=O) groups is 1. The van der Waals surface area contributed by atoms with Crippen LogP contribution in [-0.2, 0) is 4.79 Å². The second-order valence-electron chi connectivity index (χ2n) is 6.57. The van der Waals surface area contributed by atoms with Crippen molar-refractivity contribution in [3.05, 3.63) is 46.2 Å². The molecule has 6 heteroatoms. The zero-order chi connectivity index (χ0) is 17.6. The number of aliphatic hydroxyl groups is 1. The molecule has 134 valence electrons. The highest BCUT2D eigenvalue weighted by Gasteiger charge is 2.27. The molecule has 25 heavy (non-hydrogen) atoms. The molecular weight excluding hydrogens is 338 g/mol. The van der Waals surface area contributed by atoms with Crippen LogP contribution in [0.15, 0.2) is 40.6 Å². The minimum absolute atomic E-state index is 0.00256. The van der Waals surface area contributed by atoms with Crippen LogP contribution in [0.4, 0.5) is 0 Å². The van der Waals surface area contributed by atoms with Gasteiger partial charge in [0.15, 0.2) is 5.78 Å². The van der Waals surface area contributed by atoms with Gasteiger partial charge in [-0.15, -0.1) is 0 Å². The van der Waals surface area contributed by atoms with Gasteiger partial charge in [-0.25, -0.2) is 0 Å². The maximum atomic E-state index is 12.4. The predicted octanol–water partition coefficient (Wildman–Crippen LogP) is 2.57. The van der Waals surface area contributed by atoms with Crippen molar-refractivity contribution in [3.8, 4) is 0 Å². The van der Waals surface area contributed by atoms with Gasteiger partial charge in [-0.2, -0.15) is 0 Å². The first-order valence-electron chi connectivity index (χ1n) is 8.77. The Balaban J connectivity index is 1.57. The first-order chi connectivity index (χ1) is 12.1. The van der Waals surface area contributed by atoms with Gasteiger partial charge in [-0.3, -0.25) is 14.7 Å². The number of ketones is 1. The minimum atomic E-state index is -0.0466. The fourth-order valence-corrected chi connectivity index (χ4v) is 3.44. The number of rotatable bonds is 5. The van der Waals surface area contributed by atoms with Crippen LogP contribution in [0.5, 0.6) is 0 Å². The number of hydrogen-bond acceptors (Lipinski definition) is 5. The second-order valence-corrected chi connectivity index (χ2v) is 7.00. The summed E-state index contributed by atoms with van der Waals surface area (Å²) in [6.07, 6.45) is 2.41. The van der Waals surface area contributed by atoms with Crippen molar-refractivity contribution in [2.45, 2.75) is 18.8 Å². The monoisotopic (exact) mass is 361 g/mol. The number of aliphatic hydroxyl groups excluding tert-OH is 1. The van der Waals surface area contributed by atoms with E-state index < -0.39 is 0 Å². The Morgan fingerprint density at radius 1 is 1.24 bits per heavy atom. The van der Waals surface area contributed by atoms with Gasteiger partial charge in [0.25, 0.3) is 0 Å². The molecule has 1 saturated heterocycles. The first-order valence-corrected chi connectivity index (χ1v) is 9.15. The van der Waals surface area contributed by atoms with Crippen LogP contribution in [0, 0.1) is 0 Å². The fourth-order valence-electron chi connectivity index (χ4n) is 3.32. The number of benzene rings is 1. The van der Waals surface area contributed by atoms with Crippen LogP contribution < -0.4 is 5.32 Å². The number of halogens is 1. The number of Topliss-reactive ketones (excluding diaryl/α,β-unsaturated/α-hetero) is 1. The zero-order valence-electron chi connectivity index (χ0n) is 14.2. The summed E-state index contributed by atoms with van der Waals surface area (Å²) in [5, 5.41) is 14.3. The van der Waals surface area contributed by atoms with Crippen LogP contribution in [0.25, 0.3) is 0 Å². The lowest BCUT2D eigenvalue weighted by Crippen LogP contribution is -2.44. The molecule has 1 aromatic carbocycles. The van der Waals surface area contributed by atoms with Gasteiger partial charge < -0.3 is 10.4 Å². The highest BCUT2D eigenvalue weighted by Crippen LogP contribution is 2.33. The maximum absolute atomic E-state index is 12.4. The Morgan fingerprint density at radius 3 is 2.64 bits per heavy atom. The topological polar surface area (TPSA) is 64.9 Å². The minimum Gasteiger partial charge on any atom is -0.511 e. The Bertz CT molecular complexity index is 664. The summed E-state index contributed by atoms with van der Waals surface area (Å²) < 4.78 is 0. The summed E-state index contributed by atoms with van der Waals surface area (Å²) in [4.78, 5) is 19.1. The molecule has 0 saturated carbocycles. The molecule has 1 heterocycles. The fraction of sp³-hybridized carbons (Fsp3) is 0.474. The van der Waals surface area contributed by atoms with Gasteiger partial charge in [0.05, 0.1) is 12.1 Å². The maximum Gasteiger partial charge on any atom is 0.168 e. The van der Waals surface area contributed by atoms with E-state index in [1.165, 1.54) is 0 Å². The van der Waals surface area contributed by atoms with Gasteiger partial charge in [-0.1, -0.05) is 23.7 Å². The molecule has 0 radical (unpaired) electrons. The smallest absolute Gasteiger partial charge is 0.168 e. The SMILES string of the molecule is O=C1CC(c2ccc(Cl)cc2)CC(O)=C1C=NCCN1CCNCC1. The Labute approximate surface area is 153 Å². The molecule has 0 spiro atoms. The molecule has 1 fully saturated rings. The summed E-state index contributed by atoms with van der Waals surface area (Å²) in [6, 6.07) is 7.46. The summed E-state index contributed by atoms with van der Waals surface area (Å²) in [7, 11) is 0. The molecular formula is C19H24ClN3O2. The van der Waals surface area contributed by atoms with E-state index in [0.717, 1.165) is 38.3 Å². The molecule has 0 aromatic heterocycles. The average Bonchev–Trinajstić information content (AvgIpc) is 2.62. The van der Waals surface area contributed by atoms with E-state index >= 15 is 0 Å². The summed E-state index contributed by atoms with van der Waals surface area (Å²) in [5.41, 5.74) is 1.39. The van der Waals surface area contributed by atoms with E-state index in [1.807, 2.05) is 24.3 Å². The van der Waals surface area contributed by atoms with Gasteiger partial charge in [0.1, 0.15) is 5.76 Å². The van der Waals surface area contributed by atoms with E-state index in [-0.39, 0.29) is 17.5 Å². The zero-order valence-corrected chi connectivity index (χ0v) is 15.0. The molecule has 2 aliphatic rings. The highest BCUT2D eigenvalue weighted by atomic mass is 35.5. The van der Waals surface area contributed by atoms with Crippen molar-refractivity contribution in [2.75, 3.05) is 39.3 Å². The van der Waals surface area contributed by atoms with Gasteiger partial charge >= 0.3 is 0 Å². The third-order valence-electron chi connectivity index (χ3n) is 4.80. The Hall–Kier alpha value is -1.69. The first kappa shape index (κ1) is 18.1. The van der Waals surface area contributed by atoms with Gasteiger partial charge in [0, 0.05) is 56.8 Å². The lowest BCUT2D eigenvalue weighted by molar-refractivity contribution is -0.116. The molecule has 1 unspecified atom stereocenters. The van der Waals surface area contributed by atoms with Crippen LogP contribution in [0.2, 0.25) is 5.02 Å². The molecule has 1 atom stereocenters. The molecule has 5 nitrogen and oxygen atoms in total. The number of aliphatic imine (C=N–C) groups is 1. The lowest BCUT2D eigenvalue weighted by Gasteiger charge is -2.26. The standard InChI is InChI=1S/C19H24ClN3O2/c20-16-3-1-14(2-4-16)15-11-18(24)17(19(25)12-15)13-22-7-10-23-8-5-21-6-9-23/h1-4,13,15,21,24H,5-12H2. The number of hydrogen-bond donors (Lipinski definition) is 2. The van der Waals surface area contributed by atoms with Crippen molar-refractivity contribution in [3.63, 3.8) is 0 Å². The normalized spacial score (nSPS) is 22.8. The van der Waals surface area contributed by atoms with Crippen LogP contribution >= 0.6 is 11.6 Å². The largest absolute Gasteiger partial charge is 0.511 e. The number of piperazine rings is 1. The number of allylic oxidation sites excluding steroid dienone is 2. The van der Waals surface area contributed by atoms with Crippen molar-refractivity contribution in [1.29, 1.82) is 0 Å². The highest BCUT2D eigenvalue weighted by molar-refractivity contribution is 6.30. The average molecular weight is 362 g/mol. The lowest BCUT2D eigenvalue weighted by atomic mass is 9.83. The quantitative estimate of drug-likeness (QED) is 0.791. The summed E-state index contributed by atoms with van der Waals surface area (Å²) in [6.45, 7) is 5.62. The molecule has 2 N–H and O–H groups in total. The van der Waals surface area contributed by atoms with E-state index in [9.17, 15) is 9.90 Å². The van der Waals surface area contributed by atoms with E-state index in [0.29, 0.717) is 30.0 Å².